The van der Waals surface area contributed by atoms with E-state index in [9.17, 15) is 9.59 Å². The van der Waals surface area contributed by atoms with Gasteiger partial charge in [0.25, 0.3) is 0 Å². The number of primary amides is 1. The monoisotopic (exact) mass is 481 g/mol. The number of nitrogens with one attached hydrogen (secondary N) is 1. The van der Waals surface area contributed by atoms with Gasteiger partial charge in [-0.1, -0.05) is 35.7 Å². The second-order valence-electron chi connectivity index (χ2n) is 8.20. The largest absolute Gasteiger partial charge is 0.370 e. The van der Waals surface area contributed by atoms with Gasteiger partial charge in [-0.15, -0.1) is 10.2 Å². The smallest absolute Gasteiger partial charge is 0.234 e. The van der Waals surface area contributed by atoms with Crippen molar-refractivity contribution in [3.05, 3.63) is 59.4 Å². The van der Waals surface area contributed by atoms with Crippen LogP contribution in [-0.4, -0.2) is 32.3 Å². The number of anilines is 1. The van der Waals surface area contributed by atoms with Gasteiger partial charge in [0.2, 0.25) is 11.8 Å². The lowest BCUT2D eigenvalue weighted by atomic mass is 10.2. The van der Waals surface area contributed by atoms with Gasteiger partial charge < -0.3 is 15.6 Å². The number of aryl methyl sites for hydroxylation is 3. The fourth-order valence-electron chi connectivity index (χ4n) is 3.39. The van der Waals surface area contributed by atoms with Crippen LogP contribution in [-0.2, 0) is 16.0 Å². The van der Waals surface area contributed by atoms with Crippen molar-refractivity contribution in [3.8, 4) is 0 Å². The molecule has 9 heteroatoms. The molecule has 172 valence electrons. The number of carbonyl (C=O) groups is 2. The predicted octanol–water partition coefficient (Wildman–Crippen LogP) is 4.53. The molecule has 0 radical (unpaired) electrons. The highest BCUT2D eigenvalue weighted by atomic mass is 32.2. The summed E-state index contributed by atoms with van der Waals surface area (Å²) in [6.45, 7) is 4.20. The maximum Gasteiger partial charge on any atom is 0.234 e. The molecular weight excluding hydrogens is 454 g/mol. The summed E-state index contributed by atoms with van der Waals surface area (Å²) in [5, 5.41) is 12.1. The Kier molecular flexibility index (Phi) is 7.39. The van der Waals surface area contributed by atoms with E-state index in [0.717, 1.165) is 29.2 Å². The van der Waals surface area contributed by atoms with E-state index in [2.05, 4.69) is 52.1 Å². The molecule has 1 aliphatic carbocycles. The number of aromatic nitrogens is 3. The molecule has 0 atom stereocenters. The number of amides is 2. The molecule has 0 bridgehead atoms. The zero-order valence-corrected chi connectivity index (χ0v) is 20.3. The number of benzene rings is 2. The van der Waals surface area contributed by atoms with Crippen LogP contribution < -0.4 is 11.1 Å². The minimum Gasteiger partial charge on any atom is -0.370 e. The Morgan fingerprint density at radius 3 is 2.58 bits per heavy atom. The normalized spacial score (nSPS) is 13.2. The Labute approximate surface area is 201 Å². The number of hydrogen-bond donors (Lipinski definition) is 2. The molecule has 0 spiro atoms. The Bertz CT molecular complexity index is 1160. The van der Waals surface area contributed by atoms with Crippen LogP contribution in [0.1, 0.15) is 42.3 Å². The number of nitrogens with zero attached hydrogens (tertiary/aromatic N) is 3. The maximum atomic E-state index is 12.5. The molecule has 1 heterocycles. The van der Waals surface area contributed by atoms with E-state index in [1.165, 1.54) is 27.8 Å². The second kappa shape index (κ2) is 10.4. The fraction of sp³-hybridized carbons (Fsp3) is 0.333. The molecule has 0 aliphatic heterocycles. The summed E-state index contributed by atoms with van der Waals surface area (Å²) in [5.74, 6) is 0.544. The number of rotatable bonds is 10. The topological polar surface area (TPSA) is 103 Å². The second-order valence-corrected chi connectivity index (χ2v) is 10.3. The lowest BCUT2D eigenvalue weighted by Gasteiger charge is -2.10. The Hall–Kier alpha value is -2.78. The van der Waals surface area contributed by atoms with Gasteiger partial charge in [0.1, 0.15) is 5.82 Å². The maximum absolute atomic E-state index is 12.5. The zero-order chi connectivity index (χ0) is 23.4. The molecule has 7 nitrogen and oxygen atoms in total. The van der Waals surface area contributed by atoms with Gasteiger partial charge >= 0.3 is 0 Å². The standard InChI is InChI=1S/C24H27N5O2S2/c1-15-3-4-16(2)20(13-15)33-19-9-5-17(6-10-19)26-23(31)14-32-24-28-27-22(12-11-21(25)30)29(24)18-7-8-18/h3-6,9-10,13,18H,7-8,11-12,14H2,1-2H3,(H2,25,30)(H,26,31). The number of hydrogen-bond acceptors (Lipinski definition) is 6. The van der Waals surface area contributed by atoms with Crippen LogP contribution in [0, 0.1) is 13.8 Å². The van der Waals surface area contributed by atoms with Crippen molar-refractivity contribution < 1.29 is 9.59 Å². The molecule has 1 aromatic heterocycles. The van der Waals surface area contributed by atoms with Crippen LogP contribution in [0.3, 0.4) is 0 Å². The molecule has 2 aromatic carbocycles. The molecule has 0 saturated heterocycles. The fourth-order valence-corrected chi connectivity index (χ4v) is 5.21. The minimum atomic E-state index is -0.354. The first-order chi connectivity index (χ1) is 15.9. The van der Waals surface area contributed by atoms with E-state index in [-0.39, 0.29) is 24.0 Å². The minimum absolute atomic E-state index is 0.0982. The van der Waals surface area contributed by atoms with Gasteiger partial charge in [-0.05, 0) is 68.1 Å². The first-order valence-electron chi connectivity index (χ1n) is 10.9. The summed E-state index contributed by atoms with van der Waals surface area (Å²) < 4.78 is 2.06. The van der Waals surface area contributed by atoms with E-state index in [0.29, 0.717) is 17.6 Å². The average molecular weight is 482 g/mol. The predicted molar refractivity (Wildman–Crippen MR) is 132 cm³/mol. The summed E-state index contributed by atoms with van der Waals surface area (Å²) in [4.78, 5) is 26.0. The zero-order valence-electron chi connectivity index (χ0n) is 18.7. The Morgan fingerprint density at radius 1 is 1.12 bits per heavy atom. The first kappa shape index (κ1) is 23.4. The summed E-state index contributed by atoms with van der Waals surface area (Å²) in [5.41, 5.74) is 8.51. The lowest BCUT2D eigenvalue weighted by molar-refractivity contribution is -0.118. The van der Waals surface area contributed by atoms with Crippen LogP contribution in [0.25, 0.3) is 0 Å². The van der Waals surface area contributed by atoms with Gasteiger partial charge in [0.15, 0.2) is 5.16 Å². The van der Waals surface area contributed by atoms with Crippen LogP contribution >= 0.6 is 23.5 Å². The third-order valence-electron chi connectivity index (χ3n) is 5.28. The highest BCUT2D eigenvalue weighted by molar-refractivity contribution is 7.99. The molecule has 33 heavy (non-hydrogen) atoms. The van der Waals surface area contributed by atoms with Gasteiger partial charge in [-0.25, -0.2) is 0 Å². The molecule has 1 fully saturated rings. The summed E-state index contributed by atoms with van der Waals surface area (Å²) >= 11 is 3.08. The van der Waals surface area contributed by atoms with E-state index >= 15 is 0 Å². The average Bonchev–Trinajstić information content (AvgIpc) is 3.54. The van der Waals surface area contributed by atoms with Crippen LogP contribution in [0.5, 0.6) is 0 Å². The van der Waals surface area contributed by atoms with Crippen LogP contribution in [0.2, 0.25) is 0 Å². The SMILES string of the molecule is Cc1ccc(C)c(Sc2ccc(NC(=O)CSc3nnc(CCC(N)=O)n3C3CC3)cc2)c1. The number of carbonyl (C=O) groups excluding carboxylic acids is 2. The van der Waals surface area contributed by atoms with E-state index in [1.807, 2.05) is 24.3 Å². The lowest BCUT2D eigenvalue weighted by Crippen LogP contribution is -2.15. The third kappa shape index (κ3) is 6.39. The molecule has 4 rings (SSSR count). The molecule has 2 amide bonds. The van der Waals surface area contributed by atoms with Crippen LogP contribution in [0.15, 0.2) is 57.4 Å². The van der Waals surface area contributed by atoms with Crippen molar-refractivity contribution in [1.82, 2.24) is 14.8 Å². The van der Waals surface area contributed by atoms with Crippen molar-refractivity contribution >= 4 is 41.0 Å². The van der Waals surface area contributed by atoms with Crippen molar-refractivity contribution in [1.29, 1.82) is 0 Å². The van der Waals surface area contributed by atoms with Gasteiger partial charge in [0.05, 0.1) is 5.75 Å². The highest BCUT2D eigenvalue weighted by Gasteiger charge is 2.29. The first-order valence-corrected chi connectivity index (χ1v) is 12.7. The molecule has 3 aromatic rings. The van der Waals surface area contributed by atoms with Gasteiger partial charge in [0, 0.05) is 34.4 Å². The van der Waals surface area contributed by atoms with E-state index in [1.54, 1.807) is 11.8 Å². The molecular formula is C24H27N5O2S2. The number of thioether (sulfide) groups is 1. The molecule has 1 saturated carbocycles. The molecule has 0 unspecified atom stereocenters. The quantitative estimate of drug-likeness (QED) is 0.413. The Balaban J connectivity index is 1.32. The molecule has 3 N–H and O–H groups in total. The van der Waals surface area contributed by atoms with Crippen molar-refractivity contribution in [2.24, 2.45) is 5.73 Å². The summed E-state index contributed by atoms with van der Waals surface area (Å²) in [6, 6.07) is 14.7. The number of nitrogens with two attached hydrogens (primary N) is 1. The van der Waals surface area contributed by atoms with Gasteiger partial charge in [-0.3, -0.25) is 9.59 Å². The Morgan fingerprint density at radius 2 is 1.88 bits per heavy atom. The van der Waals surface area contributed by atoms with Crippen molar-refractivity contribution in [3.63, 3.8) is 0 Å². The highest BCUT2D eigenvalue weighted by Crippen LogP contribution is 2.39. The van der Waals surface area contributed by atoms with Crippen LogP contribution in [0.4, 0.5) is 5.69 Å². The van der Waals surface area contributed by atoms with E-state index < -0.39 is 0 Å². The molecule has 1 aliphatic rings. The third-order valence-corrected chi connectivity index (χ3v) is 7.39. The van der Waals surface area contributed by atoms with Crippen molar-refractivity contribution in [2.75, 3.05) is 11.1 Å². The summed E-state index contributed by atoms with van der Waals surface area (Å²) in [6.07, 6.45) is 2.84. The van der Waals surface area contributed by atoms with Gasteiger partial charge in [-0.2, -0.15) is 0 Å². The summed E-state index contributed by atoms with van der Waals surface area (Å²) in [7, 11) is 0. The van der Waals surface area contributed by atoms with E-state index in [4.69, 9.17) is 5.73 Å². The van der Waals surface area contributed by atoms with Crippen molar-refractivity contribution in [2.45, 2.75) is 60.5 Å².